The van der Waals surface area contributed by atoms with Crippen LogP contribution >= 0.6 is 23.4 Å². The van der Waals surface area contributed by atoms with Crippen LogP contribution in [-0.4, -0.2) is 35.5 Å². The molecule has 0 atom stereocenters. The number of esters is 1. The highest BCUT2D eigenvalue weighted by Crippen LogP contribution is 2.31. The molecule has 1 aliphatic rings. The molecular weight excluding hydrogens is 366 g/mol. The van der Waals surface area contributed by atoms with Crippen LogP contribution in [-0.2, 0) is 14.3 Å². The van der Waals surface area contributed by atoms with E-state index in [4.69, 9.17) is 11.6 Å². The average molecular weight is 382 g/mol. The third-order valence-corrected chi connectivity index (χ3v) is 4.42. The van der Waals surface area contributed by atoms with Gasteiger partial charge in [0.2, 0.25) is 0 Å². The summed E-state index contributed by atoms with van der Waals surface area (Å²) < 4.78 is 4.47. The standard InChI is InChI=1S/C16H16ClN3O4S/c1-8(2)9-4-10(14(22)11(17)5-9)7-18-20-16-19-15(23)12(25-16)6-13(21)24-3/h4-8,22H,1-3H3,(H,19,20,23)/b12-6+,18-7?. The number of rotatable bonds is 4. The van der Waals surface area contributed by atoms with Crippen molar-refractivity contribution in [1.82, 2.24) is 5.32 Å². The van der Waals surface area contributed by atoms with E-state index in [1.54, 1.807) is 12.1 Å². The van der Waals surface area contributed by atoms with E-state index < -0.39 is 11.9 Å². The Balaban J connectivity index is 2.19. The first-order valence-corrected chi connectivity index (χ1v) is 8.43. The van der Waals surface area contributed by atoms with E-state index in [2.05, 4.69) is 20.3 Å². The van der Waals surface area contributed by atoms with Gasteiger partial charge >= 0.3 is 5.97 Å². The number of hydrogen-bond donors (Lipinski definition) is 2. The number of phenolic OH excluding ortho intramolecular Hbond substituents is 1. The highest BCUT2D eigenvalue weighted by atomic mass is 35.5. The third kappa shape index (κ3) is 4.83. The van der Waals surface area contributed by atoms with Gasteiger partial charge in [0.15, 0.2) is 5.17 Å². The summed E-state index contributed by atoms with van der Waals surface area (Å²) in [6.07, 6.45) is 2.42. The number of benzene rings is 1. The van der Waals surface area contributed by atoms with Crippen LogP contribution in [0, 0.1) is 0 Å². The maximum absolute atomic E-state index is 11.7. The summed E-state index contributed by atoms with van der Waals surface area (Å²) in [6.45, 7) is 4.01. The molecule has 7 nitrogen and oxygen atoms in total. The summed E-state index contributed by atoms with van der Waals surface area (Å²) in [4.78, 5) is 23.0. The number of nitrogens with one attached hydrogen (secondary N) is 1. The zero-order valence-corrected chi connectivity index (χ0v) is 15.3. The molecule has 25 heavy (non-hydrogen) atoms. The summed E-state index contributed by atoms with van der Waals surface area (Å²) in [7, 11) is 1.22. The van der Waals surface area contributed by atoms with Crippen molar-refractivity contribution in [2.24, 2.45) is 10.2 Å². The minimum Gasteiger partial charge on any atom is -0.506 e. The Bertz CT molecular complexity index is 803. The van der Waals surface area contributed by atoms with Crippen LogP contribution in [0.5, 0.6) is 5.75 Å². The number of amidine groups is 1. The first-order valence-electron chi connectivity index (χ1n) is 7.24. The van der Waals surface area contributed by atoms with E-state index in [1.807, 2.05) is 13.8 Å². The molecule has 0 radical (unpaired) electrons. The molecule has 0 unspecified atom stereocenters. The lowest BCUT2D eigenvalue weighted by Gasteiger charge is -2.09. The lowest BCUT2D eigenvalue weighted by molar-refractivity contribution is -0.135. The molecule has 9 heteroatoms. The van der Waals surface area contributed by atoms with Crippen molar-refractivity contribution < 1.29 is 19.4 Å². The van der Waals surface area contributed by atoms with Gasteiger partial charge in [0, 0.05) is 11.6 Å². The van der Waals surface area contributed by atoms with Crippen molar-refractivity contribution in [3.63, 3.8) is 0 Å². The first kappa shape index (κ1) is 19.0. The second-order valence-corrected chi connectivity index (χ2v) is 6.77. The quantitative estimate of drug-likeness (QED) is 0.361. The predicted octanol–water partition coefficient (Wildman–Crippen LogP) is 2.78. The van der Waals surface area contributed by atoms with Gasteiger partial charge in [0.1, 0.15) is 5.75 Å². The monoisotopic (exact) mass is 381 g/mol. The van der Waals surface area contributed by atoms with Crippen LogP contribution in [0.1, 0.15) is 30.9 Å². The van der Waals surface area contributed by atoms with E-state index in [-0.39, 0.29) is 26.8 Å². The molecule has 1 aliphatic heterocycles. The molecule has 0 aliphatic carbocycles. The molecule has 0 bridgehead atoms. The lowest BCUT2D eigenvalue weighted by Crippen LogP contribution is -2.19. The predicted molar refractivity (Wildman–Crippen MR) is 98.1 cm³/mol. The van der Waals surface area contributed by atoms with Crippen LogP contribution < -0.4 is 5.32 Å². The van der Waals surface area contributed by atoms with E-state index >= 15 is 0 Å². The Morgan fingerprint density at radius 3 is 2.80 bits per heavy atom. The summed E-state index contributed by atoms with van der Waals surface area (Å²) >= 11 is 6.97. The number of halogens is 1. The molecule has 0 spiro atoms. The molecule has 1 amide bonds. The first-order chi connectivity index (χ1) is 11.8. The number of carbonyl (C=O) groups excluding carboxylic acids is 2. The van der Waals surface area contributed by atoms with E-state index in [1.165, 1.54) is 13.3 Å². The Morgan fingerprint density at radius 2 is 2.16 bits per heavy atom. The number of hydrogen-bond acceptors (Lipinski definition) is 7. The van der Waals surface area contributed by atoms with Gasteiger partial charge in [-0.2, -0.15) is 5.10 Å². The molecule has 0 aromatic heterocycles. The zero-order chi connectivity index (χ0) is 18.6. The van der Waals surface area contributed by atoms with Crippen LogP contribution in [0.15, 0.2) is 33.3 Å². The Hall–Kier alpha value is -2.32. The van der Waals surface area contributed by atoms with Crippen molar-refractivity contribution in [3.8, 4) is 5.75 Å². The van der Waals surface area contributed by atoms with Gasteiger partial charge in [-0.1, -0.05) is 25.4 Å². The Morgan fingerprint density at radius 1 is 1.44 bits per heavy atom. The van der Waals surface area contributed by atoms with Crippen molar-refractivity contribution in [2.45, 2.75) is 19.8 Å². The van der Waals surface area contributed by atoms with E-state index in [0.717, 1.165) is 23.4 Å². The van der Waals surface area contributed by atoms with E-state index in [0.29, 0.717) is 5.56 Å². The van der Waals surface area contributed by atoms with Crippen LogP contribution in [0.25, 0.3) is 0 Å². The van der Waals surface area contributed by atoms with Crippen molar-refractivity contribution in [2.75, 3.05) is 7.11 Å². The van der Waals surface area contributed by atoms with Crippen LogP contribution in [0.4, 0.5) is 0 Å². The molecule has 1 aromatic carbocycles. The highest BCUT2D eigenvalue weighted by molar-refractivity contribution is 8.18. The van der Waals surface area contributed by atoms with Gasteiger partial charge in [-0.25, -0.2) is 4.79 Å². The number of nitrogens with zero attached hydrogens (tertiary/aromatic N) is 2. The van der Waals surface area contributed by atoms with Crippen molar-refractivity contribution >= 4 is 46.6 Å². The number of amides is 1. The van der Waals surface area contributed by atoms with Gasteiger partial charge < -0.3 is 9.84 Å². The molecule has 2 rings (SSSR count). The number of carbonyl (C=O) groups is 2. The molecule has 132 valence electrons. The minimum absolute atomic E-state index is 0.0931. The minimum atomic E-state index is -0.632. The summed E-state index contributed by atoms with van der Waals surface area (Å²) in [5, 5.41) is 20.6. The fourth-order valence-corrected chi connectivity index (χ4v) is 2.83. The number of methoxy groups -OCH3 is 1. The summed E-state index contributed by atoms with van der Waals surface area (Å²) in [6, 6.07) is 3.46. The molecule has 1 fully saturated rings. The highest BCUT2D eigenvalue weighted by Gasteiger charge is 2.25. The third-order valence-electron chi connectivity index (χ3n) is 3.23. The molecule has 1 aromatic rings. The lowest BCUT2D eigenvalue weighted by atomic mass is 10.0. The molecule has 1 heterocycles. The molecular formula is C16H16ClN3O4S. The molecule has 2 N–H and O–H groups in total. The fourth-order valence-electron chi connectivity index (χ4n) is 1.86. The maximum atomic E-state index is 11.7. The van der Waals surface area contributed by atoms with Crippen molar-refractivity contribution in [3.05, 3.63) is 39.3 Å². The normalized spacial score (nSPS) is 17.7. The maximum Gasteiger partial charge on any atom is 0.331 e. The van der Waals surface area contributed by atoms with Crippen molar-refractivity contribution in [1.29, 1.82) is 0 Å². The zero-order valence-electron chi connectivity index (χ0n) is 13.7. The number of phenols is 1. The number of thioether (sulfide) groups is 1. The van der Waals surface area contributed by atoms with Gasteiger partial charge in [-0.3, -0.25) is 10.1 Å². The second-order valence-electron chi connectivity index (χ2n) is 5.33. The fraction of sp³-hybridized carbons (Fsp3) is 0.250. The Labute approximate surface area is 153 Å². The smallest absolute Gasteiger partial charge is 0.331 e. The summed E-state index contributed by atoms with van der Waals surface area (Å²) in [5.74, 6) is -0.957. The Kier molecular flexibility index (Phi) is 6.22. The second kappa shape index (κ2) is 8.17. The number of aromatic hydroxyl groups is 1. The molecule has 0 saturated carbocycles. The SMILES string of the molecule is COC(=O)/C=C1/S/C(=N\N=Cc2cc(C(C)C)cc(Cl)c2O)NC1=O. The van der Waals surface area contributed by atoms with Gasteiger partial charge in [-0.05, 0) is 35.4 Å². The van der Waals surface area contributed by atoms with Crippen LogP contribution in [0.2, 0.25) is 5.02 Å². The van der Waals surface area contributed by atoms with Gasteiger partial charge in [0.25, 0.3) is 5.91 Å². The molecule has 1 saturated heterocycles. The van der Waals surface area contributed by atoms with Gasteiger partial charge in [-0.15, -0.1) is 5.10 Å². The average Bonchev–Trinajstić information content (AvgIpc) is 2.90. The number of ether oxygens (including phenoxy) is 1. The topological polar surface area (TPSA) is 100 Å². The largest absolute Gasteiger partial charge is 0.506 e. The van der Waals surface area contributed by atoms with Crippen LogP contribution in [0.3, 0.4) is 0 Å². The van der Waals surface area contributed by atoms with E-state index in [9.17, 15) is 14.7 Å². The van der Waals surface area contributed by atoms with Gasteiger partial charge in [0.05, 0.1) is 23.3 Å². The summed E-state index contributed by atoms with van der Waals surface area (Å²) in [5.41, 5.74) is 1.36.